The van der Waals surface area contributed by atoms with Crippen molar-refractivity contribution in [2.45, 2.75) is 50.6 Å². The summed E-state index contributed by atoms with van der Waals surface area (Å²) in [7, 11) is 0. The summed E-state index contributed by atoms with van der Waals surface area (Å²) < 4.78 is 0. The maximum Gasteiger partial charge on any atom is 0.0171 e. The normalized spacial score (nSPS) is 29.7. The molecule has 1 saturated heterocycles. The maximum absolute atomic E-state index is 6.30. The highest BCUT2D eigenvalue weighted by Gasteiger charge is 2.30. The van der Waals surface area contributed by atoms with E-state index in [0.29, 0.717) is 6.04 Å². The van der Waals surface area contributed by atoms with E-state index in [1.165, 1.54) is 50.6 Å². The third kappa shape index (κ3) is 3.37. The largest absolute Gasteiger partial charge is 0.327 e. The minimum Gasteiger partial charge on any atom is -0.327 e. The second kappa shape index (κ2) is 6.06. The molecular formula is C17H26N2. The Morgan fingerprint density at radius 2 is 1.79 bits per heavy atom. The minimum atomic E-state index is 0.378. The zero-order chi connectivity index (χ0) is 13.1. The van der Waals surface area contributed by atoms with Crippen LogP contribution in [0.2, 0.25) is 0 Å². The summed E-state index contributed by atoms with van der Waals surface area (Å²) >= 11 is 0. The molecule has 1 saturated carbocycles. The van der Waals surface area contributed by atoms with Gasteiger partial charge in [-0.25, -0.2) is 0 Å². The molecule has 1 heterocycles. The fourth-order valence-electron chi connectivity index (χ4n) is 3.95. The Morgan fingerprint density at radius 3 is 2.53 bits per heavy atom. The first-order valence-corrected chi connectivity index (χ1v) is 7.85. The molecule has 2 nitrogen and oxygen atoms in total. The number of hydrogen-bond acceptors (Lipinski definition) is 2. The van der Waals surface area contributed by atoms with Crippen molar-refractivity contribution in [1.82, 2.24) is 4.90 Å². The van der Waals surface area contributed by atoms with Gasteiger partial charge >= 0.3 is 0 Å². The summed E-state index contributed by atoms with van der Waals surface area (Å²) in [6, 6.07) is 12.1. The van der Waals surface area contributed by atoms with Gasteiger partial charge in [0.2, 0.25) is 0 Å². The average molecular weight is 258 g/mol. The van der Waals surface area contributed by atoms with Gasteiger partial charge in [0, 0.05) is 25.2 Å². The Kier molecular flexibility index (Phi) is 4.19. The standard InChI is InChI=1S/C17H26N2/c18-16-11-15(10-14-6-2-1-3-7-14)12-19(13-16)17-8-4-5-9-17/h1-3,6-7,15-17H,4-5,8-13,18H2. The van der Waals surface area contributed by atoms with E-state index in [1.54, 1.807) is 0 Å². The van der Waals surface area contributed by atoms with Gasteiger partial charge in [-0.1, -0.05) is 43.2 Å². The average Bonchev–Trinajstić information content (AvgIpc) is 2.93. The molecule has 1 aliphatic heterocycles. The van der Waals surface area contributed by atoms with Crippen molar-refractivity contribution in [3.63, 3.8) is 0 Å². The van der Waals surface area contributed by atoms with Crippen LogP contribution in [0.3, 0.4) is 0 Å². The molecule has 2 atom stereocenters. The molecule has 19 heavy (non-hydrogen) atoms. The number of rotatable bonds is 3. The monoisotopic (exact) mass is 258 g/mol. The van der Waals surface area contributed by atoms with E-state index in [2.05, 4.69) is 35.2 Å². The summed E-state index contributed by atoms with van der Waals surface area (Å²) in [5.41, 5.74) is 7.76. The Balaban J connectivity index is 1.62. The Bertz CT molecular complexity index is 384. The van der Waals surface area contributed by atoms with E-state index >= 15 is 0 Å². The predicted octanol–water partition coefficient (Wildman–Crippen LogP) is 2.82. The number of benzene rings is 1. The van der Waals surface area contributed by atoms with Crippen LogP contribution in [-0.4, -0.2) is 30.1 Å². The molecule has 1 aromatic rings. The van der Waals surface area contributed by atoms with E-state index < -0.39 is 0 Å². The van der Waals surface area contributed by atoms with E-state index in [-0.39, 0.29) is 0 Å². The number of piperidine rings is 1. The van der Waals surface area contributed by atoms with Gasteiger partial charge in [-0.15, -0.1) is 0 Å². The van der Waals surface area contributed by atoms with Crippen LogP contribution in [0.1, 0.15) is 37.7 Å². The molecule has 104 valence electrons. The van der Waals surface area contributed by atoms with Gasteiger partial charge in [-0.05, 0) is 37.2 Å². The van der Waals surface area contributed by atoms with Crippen LogP contribution in [0, 0.1) is 5.92 Å². The number of likely N-dealkylation sites (tertiary alicyclic amines) is 1. The summed E-state index contributed by atoms with van der Waals surface area (Å²) in [4.78, 5) is 2.69. The van der Waals surface area contributed by atoms with Gasteiger partial charge < -0.3 is 5.73 Å². The number of nitrogens with two attached hydrogens (primary N) is 1. The van der Waals surface area contributed by atoms with Crippen LogP contribution in [0.4, 0.5) is 0 Å². The molecule has 2 aliphatic rings. The third-order valence-corrected chi connectivity index (χ3v) is 4.81. The van der Waals surface area contributed by atoms with Crippen LogP contribution >= 0.6 is 0 Å². The smallest absolute Gasteiger partial charge is 0.0171 e. The Hall–Kier alpha value is -0.860. The third-order valence-electron chi connectivity index (χ3n) is 4.81. The molecule has 0 aromatic heterocycles. The zero-order valence-electron chi connectivity index (χ0n) is 11.8. The first kappa shape index (κ1) is 13.1. The lowest BCUT2D eigenvalue weighted by Crippen LogP contribution is -2.50. The first-order chi connectivity index (χ1) is 9.31. The van der Waals surface area contributed by atoms with Crippen molar-refractivity contribution in [3.8, 4) is 0 Å². The van der Waals surface area contributed by atoms with Gasteiger partial charge in [0.1, 0.15) is 0 Å². The zero-order valence-corrected chi connectivity index (χ0v) is 11.8. The quantitative estimate of drug-likeness (QED) is 0.903. The summed E-state index contributed by atoms with van der Waals surface area (Å²) in [5, 5.41) is 0. The van der Waals surface area contributed by atoms with Crippen LogP contribution in [-0.2, 0) is 6.42 Å². The molecule has 0 radical (unpaired) electrons. The van der Waals surface area contributed by atoms with Crippen LogP contribution in [0.15, 0.2) is 30.3 Å². The van der Waals surface area contributed by atoms with E-state index in [0.717, 1.165) is 18.5 Å². The van der Waals surface area contributed by atoms with Gasteiger partial charge in [0.05, 0.1) is 0 Å². The van der Waals surface area contributed by atoms with Gasteiger partial charge in [0.25, 0.3) is 0 Å². The lowest BCUT2D eigenvalue weighted by molar-refractivity contribution is 0.111. The van der Waals surface area contributed by atoms with Crippen LogP contribution in [0.5, 0.6) is 0 Å². The van der Waals surface area contributed by atoms with Crippen molar-refractivity contribution in [3.05, 3.63) is 35.9 Å². The molecule has 3 rings (SSSR count). The molecule has 0 amide bonds. The Morgan fingerprint density at radius 1 is 1.05 bits per heavy atom. The highest BCUT2D eigenvalue weighted by atomic mass is 15.2. The van der Waals surface area contributed by atoms with E-state index in [4.69, 9.17) is 5.73 Å². The van der Waals surface area contributed by atoms with Gasteiger partial charge in [0.15, 0.2) is 0 Å². The van der Waals surface area contributed by atoms with Crippen molar-refractivity contribution in [2.75, 3.05) is 13.1 Å². The molecule has 2 unspecified atom stereocenters. The van der Waals surface area contributed by atoms with Crippen LogP contribution in [0.25, 0.3) is 0 Å². The highest BCUT2D eigenvalue weighted by Crippen LogP contribution is 2.28. The first-order valence-electron chi connectivity index (χ1n) is 7.85. The molecule has 2 N–H and O–H groups in total. The molecule has 0 spiro atoms. The lowest BCUT2D eigenvalue weighted by atomic mass is 9.88. The SMILES string of the molecule is NC1CC(Cc2ccccc2)CN(C2CCCC2)C1. The topological polar surface area (TPSA) is 29.3 Å². The number of nitrogens with zero attached hydrogens (tertiary/aromatic N) is 1. The minimum absolute atomic E-state index is 0.378. The van der Waals surface area contributed by atoms with Crippen molar-refractivity contribution in [1.29, 1.82) is 0 Å². The maximum atomic E-state index is 6.30. The van der Waals surface area contributed by atoms with Crippen molar-refractivity contribution >= 4 is 0 Å². The molecule has 1 aliphatic carbocycles. The van der Waals surface area contributed by atoms with Gasteiger partial charge in [-0.3, -0.25) is 4.90 Å². The fraction of sp³-hybridized carbons (Fsp3) is 0.647. The van der Waals surface area contributed by atoms with E-state index in [9.17, 15) is 0 Å². The summed E-state index contributed by atoms with van der Waals surface area (Å²) in [5.74, 6) is 0.742. The predicted molar refractivity (Wildman–Crippen MR) is 80.1 cm³/mol. The summed E-state index contributed by atoms with van der Waals surface area (Å²) in [6.45, 7) is 2.38. The highest BCUT2D eigenvalue weighted by molar-refractivity contribution is 5.15. The molecule has 2 heteroatoms. The molecule has 0 bridgehead atoms. The molecular weight excluding hydrogens is 232 g/mol. The fourth-order valence-corrected chi connectivity index (χ4v) is 3.95. The molecule has 2 fully saturated rings. The Labute approximate surface area is 117 Å². The van der Waals surface area contributed by atoms with Crippen molar-refractivity contribution in [2.24, 2.45) is 11.7 Å². The van der Waals surface area contributed by atoms with E-state index in [1.807, 2.05) is 0 Å². The lowest BCUT2D eigenvalue weighted by Gasteiger charge is -2.40. The van der Waals surface area contributed by atoms with Crippen LogP contribution < -0.4 is 5.73 Å². The molecule has 1 aromatic carbocycles. The van der Waals surface area contributed by atoms with Crippen molar-refractivity contribution < 1.29 is 0 Å². The van der Waals surface area contributed by atoms with Gasteiger partial charge in [-0.2, -0.15) is 0 Å². The number of hydrogen-bond donors (Lipinski definition) is 1. The summed E-state index contributed by atoms with van der Waals surface area (Å²) in [6.07, 6.45) is 8.00. The second-order valence-electron chi connectivity index (χ2n) is 6.44. The second-order valence-corrected chi connectivity index (χ2v) is 6.44.